The molecule has 0 aliphatic carbocycles. The van der Waals surface area contributed by atoms with Crippen LogP contribution in [0.2, 0.25) is 0 Å². The lowest BCUT2D eigenvalue weighted by molar-refractivity contribution is 0.240. The minimum atomic E-state index is -3.58. The summed E-state index contributed by atoms with van der Waals surface area (Å²) in [6.45, 7) is 8.43. The lowest BCUT2D eigenvalue weighted by atomic mass is 10.2. The minimum absolute atomic E-state index is 0.101. The molecule has 2 amide bonds. The molecule has 1 aromatic heterocycles. The molecule has 0 bridgehead atoms. The van der Waals surface area contributed by atoms with Crippen molar-refractivity contribution in [2.75, 3.05) is 31.1 Å². The maximum Gasteiger partial charge on any atom is 0.315 e. The summed E-state index contributed by atoms with van der Waals surface area (Å²) in [6, 6.07) is 10.1. The van der Waals surface area contributed by atoms with Crippen LogP contribution in [0.25, 0.3) is 0 Å². The van der Waals surface area contributed by atoms with Crippen molar-refractivity contribution in [1.29, 1.82) is 0 Å². The summed E-state index contributed by atoms with van der Waals surface area (Å²) in [7, 11) is -3.58. The van der Waals surface area contributed by atoms with Crippen molar-refractivity contribution in [1.82, 2.24) is 20.3 Å². The van der Waals surface area contributed by atoms with Gasteiger partial charge in [0, 0.05) is 38.9 Å². The van der Waals surface area contributed by atoms with E-state index < -0.39 is 10.0 Å². The zero-order valence-corrected chi connectivity index (χ0v) is 17.9. The average Bonchev–Trinajstić information content (AvgIpc) is 2.72. The Morgan fingerprint density at radius 1 is 1.00 bits per heavy atom. The summed E-state index contributed by atoms with van der Waals surface area (Å²) in [5.41, 5.74) is 1.87. The molecule has 29 heavy (non-hydrogen) atoms. The third kappa shape index (κ3) is 7.03. The zero-order chi connectivity index (χ0) is 21.3. The Kier molecular flexibility index (Phi) is 8.41. The van der Waals surface area contributed by atoms with Crippen LogP contribution >= 0.6 is 0 Å². The zero-order valence-electron chi connectivity index (χ0n) is 17.1. The first kappa shape index (κ1) is 22.6. The van der Waals surface area contributed by atoms with Gasteiger partial charge in [0.2, 0.25) is 10.0 Å². The molecule has 0 aliphatic rings. The number of urea groups is 1. The quantitative estimate of drug-likeness (QED) is 0.511. The van der Waals surface area contributed by atoms with Gasteiger partial charge in [-0.3, -0.25) is 0 Å². The predicted octanol–water partition coefficient (Wildman–Crippen LogP) is 2.01. The van der Waals surface area contributed by atoms with Crippen molar-refractivity contribution in [3.63, 3.8) is 0 Å². The number of anilines is 1. The normalized spacial score (nSPS) is 11.1. The molecule has 0 atom stereocenters. The van der Waals surface area contributed by atoms with E-state index in [1.54, 1.807) is 30.5 Å². The molecule has 0 unspecified atom stereocenters. The number of aryl methyl sites for hydroxylation is 1. The number of aromatic nitrogens is 1. The number of carbonyl (C=O) groups is 1. The number of carbonyl (C=O) groups excluding carboxylic acids is 1. The van der Waals surface area contributed by atoms with E-state index in [-0.39, 0.29) is 24.0 Å². The fraction of sp³-hybridized carbons (Fsp3) is 0.400. The molecule has 0 saturated carbocycles. The third-order valence-corrected chi connectivity index (χ3v) is 5.86. The van der Waals surface area contributed by atoms with Crippen molar-refractivity contribution in [2.24, 2.45) is 0 Å². The number of pyridine rings is 1. The van der Waals surface area contributed by atoms with Crippen LogP contribution in [-0.4, -0.2) is 45.6 Å². The van der Waals surface area contributed by atoms with Gasteiger partial charge in [-0.15, -0.1) is 0 Å². The maximum absolute atomic E-state index is 12.2. The Balaban J connectivity index is 1.71. The molecular weight excluding hydrogens is 390 g/mol. The van der Waals surface area contributed by atoms with Crippen molar-refractivity contribution in [3.05, 3.63) is 53.7 Å². The van der Waals surface area contributed by atoms with Crippen LogP contribution in [0.1, 0.15) is 25.0 Å². The number of hydrogen-bond donors (Lipinski definition) is 3. The lowest BCUT2D eigenvalue weighted by Crippen LogP contribution is -2.40. The van der Waals surface area contributed by atoms with E-state index in [1.165, 1.54) is 0 Å². The Bertz CT molecular complexity index is 879. The lowest BCUT2D eigenvalue weighted by Gasteiger charge is -2.19. The largest absolute Gasteiger partial charge is 0.357 e. The molecule has 0 saturated heterocycles. The van der Waals surface area contributed by atoms with E-state index in [4.69, 9.17) is 0 Å². The SMILES string of the molecule is CCN(CC)c1ccc(CNC(=O)NCCNS(=O)(=O)c2ccc(C)cc2)cn1. The number of hydrogen-bond acceptors (Lipinski definition) is 5. The van der Waals surface area contributed by atoms with Crippen LogP contribution < -0.4 is 20.3 Å². The highest BCUT2D eigenvalue weighted by atomic mass is 32.2. The van der Waals surface area contributed by atoms with Gasteiger partial charge >= 0.3 is 6.03 Å². The highest BCUT2D eigenvalue weighted by Crippen LogP contribution is 2.11. The van der Waals surface area contributed by atoms with Crippen LogP contribution in [0.3, 0.4) is 0 Å². The number of nitrogens with zero attached hydrogens (tertiary/aromatic N) is 2. The molecule has 9 heteroatoms. The van der Waals surface area contributed by atoms with E-state index in [0.29, 0.717) is 6.54 Å². The second-order valence-corrected chi connectivity index (χ2v) is 8.28. The number of amides is 2. The van der Waals surface area contributed by atoms with E-state index in [0.717, 1.165) is 30.0 Å². The third-order valence-electron chi connectivity index (χ3n) is 4.38. The number of rotatable bonds is 10. The molecule has 0 spiro atoms. The Morgan fingerprint density at radius 3 is 2.28 bits per heavy atom. The van der Waals surface area contributed by atoms with Gasteiger partial charge in [-0.05, 0) is 44.5 Å². The molecule has 1 aromatic carbocycles. The standard InChI is InChI=1S/C20H29N5O3S/c1-4-25(5-2)19-11-8-17(14-22-19)15-23-20(26)21-12-13-24-29(27,28)18-9-6-16(3)7-10-18/h6-11,14,24H,4-5,12-13,15H2,1-3H3,(H2,21,23,26). The second-order valence-electron chi connectivity index (χ2n) is 6.52. The molecule has 8 nitrogen and oxygen atoms in total. The van der Waals surface area contributed by atoms with Crippen molar-refractivity contribution in [3.8, 4) is 0 Å². The molecule has 0 aliphatic heterocycles. The highest BCUT2D eigenvalue weighted by molar-refractivity contribution is 7.89. The minimum Gasteiger partial charge on any atom is -0.357 e. The van der Waals surface area contributed by atoms with Gasteiger partial charge in [0.1, 0.15) is 5.82 Å². The molecule has 1 heterocycles. The summed E-state index contributed by atoms with van der Waals surface area (Å²) in [5, 5.41) is 5.36. The topological polar surface area (TPSA) is 103 Å². The molecule has 2 rings (SSSR count). The first-order valence-corrected chi connectivity index (χ1v) is 11.1. The summed E-state index contributed by atoms with van der Waals surface area (Å²) in [6.07, 6.45) is 1.74. The Hall–Kier alpha value is -2.65. The van der Waals surface area contributed by atoms with Gasteiger partial charge in [0.25, 0.3) is 0 Å². The first-order chi connectivity index (χ1) is 13.9. The van der Waals surface area contributed by atoms with Gasteiger partial charge in [0.15, 0.2) is 0 Å². The van der Waals surface area contributed by atoms with Gasteiger partial charge in [-0.2, -0.15) is 0 Å². The summed E-state index contributed by atoms with van der Waals surface area (Å²) < 4.78 is 26.8. The van der Waals surface area contributed by atoms with Crippen molar-refractivity contribution >= 4 is 21.9 Å². The van der Waals surface area contributed by atoms with Gasteiger partial charge in [-0.25, -0.2) is 22.9 Å². The maximum atomic E-state index is 12.2. The van der Waals surface area contributed by atoms with Crippen LogP contribution in [0, 0.1) is 6.92 Å². The number of nitrogens with one attached hydrogen (secondary N) is 3. The molecule has 2 aromatic rings. The molecule has 0 radical (unpaired) electrons. The van der Waals surface area contributed by atoms with E-state index >= 15 is 0 Å². The van der Waals surface area contributed by atoms with E-state index in [2.05, 4.69) is 39.1 Å². The van der Waals surface area contributed by atoms with Crippen LogP contribution in [0.15, 0.2) is 47.5 Å². The van der Waals surface area contributed by atoms with E-state index in [9.17, 15) is 13.2 Å². The first-order valence-electron chi connectivity index (χ1n) is 9.63. The van der Waals surface area contributed by atoms with Crippen molar-refractivity contribution < 1.29 is 13.2 Å². The molecular formula is C20H29N5O3S. The fourth-order valence-electron chi connectivity index (χ4n) is 2.66. The van der Waals surface area contributed by atoms with Crippen LogP contribution in [0.4, 0.5) is 10.6 Å². The van der Waals surface area contributed by atoms with E-state index in [1.807, 2.05) is 19.1 Å². The highest BCUT2D eigenvalue weighted by Gasteiger charge is 2.12. The van der Waals surface area contributed by atoms with Crippen LogP contribution in [-0.2, 0) is 16.6 Å². The van der Waals surface area contributed by atoms with Gasteiger partial charge < -0.3 is 15.5 Å². The summed E-state index contributed by atoms with van der Waals surface area (Å²) in [5.74, 6) is 0.907. The fourth-order valence-corrected chi connectivity index (χ4v) is 3.69. The van der Waals surface area contributed by atoms with Gasteiger partial charge in [-0.1, -0.05) is 23.8 Å². The summed E-state index contributed by atoms with van der Waals surface area (Å²) >= 11 is 0. The Morgan fingerprint density at radius 2 is 1.69 bits per heavy atom. The van der Waals surface area contributed by atoms with Crippen LogP contribution in [0.5, 0.6) is 0 Å². The molecule has 0 fully saturated rings. The predicted molar refractivity (Wildman–Crippen MR) is 114 cm³/mol. The monoisotopic (exact) mass is 419 g/mol. The molecule has 158 valence electrons. The van der Waals surface area contributed by atoms with Gasteiger partial charge in [0.05, 0.1) is 4.90 Å². The number of sulfonamides is 1. The Labute approximate surface area is 172 Å². The molecule has 3 N–H and O–H groups in total. The second kappa shape index (κ2) is 10.8. The smallest absolute Gasteiger partial charge is 0.315 e. The van der Waals surface area contributed by atoms with Crippen molar-refractivity contribution in [2.45, 2.75) is 32.2 Å². The number of benzene rings is 1. The average molecular weight is 420 g/mol. The summed E-state index contributed by atoms with van der Waals surface area (Å²) in [4.78, 5) is 18.6.